The summed E-state index contributed by atoms with van der Waals surface area (Å²) in [5, 5.41) is 8.87. The Morgan fingerprint density at radius 1 is 1.56 bits per heavy atom. The summed E-state index contributed by atoms with van der Waals surface area (Å²) >= 11 is 5.49. The summed E-state index contributed by atoms with van der Waals surface area (Å²) in [5.41, 5.74) is 0.845. The van der Waals surface area contributed by atoms with Gasteiger partial charge in [0.25, 0.3) is 0 Å². The summed E-state index contributed by atoms with van der Waals surface area (Å²) in [6, 6.07) is 4.73. The second kappa shape index (κ2) is 6.04. The zero-order chi connectivity index (χ0) is 12.0. The predicted molar refractivity (Wildman–Crippen MR) is 62.2 cm³/mol. The molecule has 4 heteroatoms. The highest BCUT2D eigenvalue weighted by atomic mass is 35.5. The highest BCUT2D eigenvalue weighted by molar-refractivity contribution is 6.18. The SMILES string of the molecule is COc1cc(C#CCCCl)ccc1C(=O)O. The van der Waals surface area contributed by atoms with E-state index in [4.69, 9.17) is 21.4 Å². The van der Waals surface area contributed by atoms with Crippen molar-refractivity contribution in [2.24, 2.45) is 0 Å². The van der Waals surface area contributed by atoms with Crippen LogP contribution in [0.25, 0.3) is 0 Å². The Bertz CT molecular complexity index is 443. The summed E-state index contributed by atoms with van der Waals surface area (Å²) in [4.78, 5) is 10.8. The van der Waals surface area contributed by atoms with Crippen molar-refractivity contribution in [3.63, 3.8) is 0 Å². The van der Waals surface area contributed by atoms with Crippen molar-refractivity contribution in [1.29, 1.82) is 0 Å². The molecule has 16 heavy (non-hydrogen) atoms. The fourth-order valence-electron chi connectivity index (χ4n) is 1.16. The highest BCUT2D eigenvalue weighted by Crippen LogP contribution is 2.19. The molecule has 0 saturated carbocycles. The van der Waals surface area contributed by atoms with Crippen LogP contribution < -0.4 is 4.74 Å². The number of halogens is 1. The van der Waals surface area contributed by atoms with Crippen LogP contribution in [0.4, 0.5) is 0 Å². The minimum Gasteiger partial charge on any atom is -0.496 e. The summed E-state index contributed by atoms with van der Waals surface area (Å²) in [7, 11) is 1.43. The van der Waals surface area contributed by atoms with Gasteiger partial charge >= 0.3 is 5.97 Å². The topological polar surface area (TPSA) is 46.5 Å². The van der Waals surface area contributed by atoms with Gasteiger partial charge in [-0.3, -0.25) is 0 Å². The lowest BCUT2D eigenvalue weighted by Gasteiger charge is -2.04. The molecule has 0 bridgehead atoms. The van der Waals surface area contributed by atoms with E-state index in [1.165, 1.54) is 13.2 Å². The first-order valence-electron chi connectivity index (χ1n) is 4.65. The van der Waals surface area contributed by atoms with Gasteiger partial charge < -0.3 is 9.84 Å². The summed E-state index contributed by atoms with van der Waals surface area (Å²) < 4.78 is 4.98. The molecule has 0 radical (unpaired) electrons. The average Bonchev–Trinajstić information content (AvgIpc) is 2.29. The fraction of sp³-hybridized carbons (Fsp3) is 0.250. The Morgan fingerprint density at radius 3 is 2.88 bits per heavy atom. The second-order valence-corrected chi connectivity index (χ2v) is 3.34. The smallest absolute Gasteiger partial charge is 0.339 e. The quantitative estimate of drug-likeness (QED) is 0.650. The van der Waals surface area contributed by atoms with Crippen LogP contribution in [0, 0.1) is 11.8 Å². The molecule has 0 amide bonds. The van der Waals surface area contributed by atoms with Crippen molar-refractivity contribution in [2.75, 3.05) is 13.0 Å². The number of benzene rings is 1. The third-order valence-corrected chi connectivity index (χ3v) is 2.07. The zero-order valence-corrected chi connectivity index (χ0v) is 9.54. The Labute approximate surface area is 99.0 Å². The molecule has 0 unspecified atom stereocenters. The molecule has 0 aliphatic heterocycles. The molecule has 84 valence electrons. The first-order chi connectivity index (χ1) is 7.69. The Morgan fingerprint density at radius 2 is 2.31 bits per heavy atom. The minimum absolute atomic E-state index is 0.130. The van der Waals surface area contributed by atoms with Crippen LogP contribution in [-0.4, -0.2) is 24.1 Å². The van der Waals surface area contributed by atoms with Crippen molar-refractivity contribution in [3.05, 3.63) is 29.3 Å². The molecule has 0 saturated heterocycles. The van der Waals surface area contributed by atoms with Crippen LogP contribution in [0.1, 0.15) is 22.3 Å². The van der Waals surface area contributed by atoms with Crippen molar-refractivity contribution in [1.82, 2.24) is 0 Å². The Hall–Kier alpha value is -1.66. The Kier molecular flexibility index (Phi) is 4.68. The molecule has 0 aliphatic carbocycles. The maximum Gasteiger partial charge on any atom is 0.339 e. The standard InChI is InChI=1S/C12H11ClO3/c1-16-11-8-9(4-2-3-7-13)5-6-10(11)12(14)15/h5-6,8H,3,7H2,1H3,(H,14,15). The summed E-state index contributed by atoms with van der Waals surface area (Å²) in [6.07, 6.45) is 0.602. The molecule has 0 heterocycles. The van der Waals surface area contributed by atoms with E-state index in [1.54, 1.807) is 12.1 Å². The van der Waals surface area contributed by atoms with Gasteiger partial charge in [0.1, 0.15) is 11.3 Å². The van der Waals surface area contributed by atoms with E-state index < -0.39 is 5.97 Å². The van der Waals surface area contributed by atoms with Gasteiger partial charge in [-0.25, -0.2) is 4.79 Å². The lowest BCUT2D eigenvalue weighted by molar-refractivity contribution is 0.0693. The molecule has 0 atom stereocenters. The predicted octanol–water partition coefficient (Wildman–Crippen LogP) is 2.37. The van der Waals surface area contributed by atoms with E-state index >= 15 is 0 Å². The monoisotopic (exact) mass is 238 g/mol. The molecular weight excluding hydrogens is 228 g/mol. The maximum absolute atomic E-state index is 10.8. The van der Waals surface area contributed by atoms with E-state index in [0.717, 1.165) is 0 Å². The number of carboxylic acid groups (broad SMARTS) is 1. The van der Waals surface area contributed by atoms with Crippen LogP contribution in [-0.2, 0) is 0 Å². The van der Waals surface area contributed by atoms with Crippen LogP contribution in [0.3, 0.4) is 0 Å². The molecule has 0 fully saturated rings. The van der Waals surface area contributed by atoms with Gasteiger partial charge in [0, 0.05) is 17.9 Å². The normalized spacial score (nSPS) is 9.12. The molecule has 0 aromatic heterocycles. The number of aromatic carboxylic acids is 1. The lowest BCUT2D eigenvalue weighted by atomic mass is 10.1. The van der Waals surface area contributed by atoms with Gasteiger partial charge in [-0.1, -0.05) is 11.8 Å². The summed E-state index contributed by atoms with van der Waals surface area (Å²) in [6.45, 7) is 0. The molecule has 0 spiro atoms. The van der Waals surface area contributed by atoms with E-state index in [2.05, 4.69) is 11.8 Å². The van der Waals surface area contributed by atoms with E-state index in [9.17, 15) is 4.79 Å². The molecule has 0 aliphatic rings. The molecular formula is C12H11ClO3. The largest absolute Gasteiger partial charge is 0.496 e. The Balaban J connectivity index is 3.01. The number of carbonyl (C=O) groups is 1. The number of hydrogen-bond acceptors (Lipinski definition) is 2. The van der Waals surface area contributed by atoms with Gasteiger partial charge in [-0.05, 0) is 18.2 Å². The number of ether oxygens (including phenoxy) is 1. The van der Waals surface area contributed by atoms with E-state index in [0.29, 0.717) is 23.6 Å². The lowest BCUT2D eigenvalue weighted by Crippen LogP contribution is -2.00. The van der Waals surface area contributed by atoms with Crippen molar-refractivity contribution < 1.29 is 14.6 Å². The third kappa shape index (κ3) is 3.18. The van der Waals surface area contributed by atoms with E-state index in [1.807, 2.05) is 0 Å². The van der Waals surface area contributed by atoms with Crippen LogP contribution >= 0.6 is 11.6 Å². The van der Waals surface area contributed by atoms with Crippen molar-refractivity contribution in [3.8, 4) is 17.6 Å². The first-order valence-corrected chi connectivity index (χ1v) is 5.18. The summed E-state index contributed by atoms with van der Waals surface area (Å²) in [5.74, 6) is 5.52. The molecule has 1 N–H and O–H groups in total. The van der Waals surface area contributed by atoms with Gasteiger partial charge in [-0.2, -0.15) is 0 Å². The second-order valence-electron chi connectivity index (χ2n) is 2.96. The third-order valence-electron chi connectivity index (χ3n) is 1.88. The number of rotatable bonds is 3. The number of methoxy groups -OCH3 is 1. The van der Waals surface area contributed by atoms with Crippen molar-refractivity contribution in [2.45, 2.75) is 6.42 Å². The van der Waals surface area contributed by atoms with Crippen LogP contribution in [0.2, 0.25) is 0 Å². The number of hydrogen-bond donors (Lipinski definition) is 1. The molecule has 1 rings (SSSR count). The van der Waals surface area contributed by atoms with Crippen LogP contribution in [0.5, 0.6) is 5.75 Å². The minimum atomic E-state index is -1.02. The highest BCUT2D eigenvalue weighted by Gasteiger charge is 2.10. The van der Waals surface area contributed by atoms with Gasteiger partial charge in [0.15, 0.2) is 0 Å². The fourth-order valence-corrected chi connectivity index (χ4v) is 1.25. The zero-order valence-electron chi connectivity index (χ0n) is 8.79. The molecule has 1 aromatic rings. The van der Waals surface area contributed by atoms with E-state index in [-0.39, 0.29) is 5.56 Å². The first kappa shape index (κ1) is 12.4. The average molecular weight is 239 g/mol. The molecule has 3 nitrogen and oxygen atoms in total. The molecule has 1 aromatic carbocycles. The maximum atomic E-state index is 10.8. The van der Waals surface area contributed by atoms with Gasteiger partial charge in [0.05, 0.1) is 7.11 Å². The van der Waals surface area contributed by atoms with Crippen LogP contribution in [0.15, 0.2) is 18.2 Å². The number of alkyl halides is 1. The number of carboxylic acids is 1. The van der Waals surface area contributed by atoms with Gasteiger partial charge in [-0.15, -0.1) is 11.6 Å². The van der Waals surface area contributed by atoms with Gasteiger partial charge in [0.2, 0.25) is 0 Å². The van der Waals surface area contributed by atoms with Crippen molar-refractivity contribution >= 4 is 17.6 Å².